The first-order valence-corrected chi connectivity index (χ1v) is 8.64. The van der Waals surface area contributed by atoms with E-state index in [9.17, 15) is 4.79 Å². The average molecular weight is 339 g/mol. The van der Waals surface area contributed by atoms with Gasteiger partial charge < -0.3 is 15.0 Å². The van der Waals surface area contributed by atoms with Crippen LogP contribution in [-0.2, 0) is 4.79 Å². The van der Waals surface area contributed by atoms with Gasteiger partial charge in [-0.1, -0.05) is 30.9 Å². The molecule has 0 spiro atoms. The molecule has 0 atom stereocenters. The number of aryl methyl sites for hydroxylation is 1. The molecule has 4 nitrogen and oxygen atoms in total. The van der Waals surface area contributed by atoms with Crippen molar-refractivity contribution in [1.29, 1.82) is 0 Å². The minimum Gasteiger partial charge on any atom is -0.484 e. The fourth-order valence-electron chi connectivity index (χ4n) is 3.16. The number of nitrogens with one attached hydrogen (secondary N) is 1. The molecule has 1 aromatic rings. The van der Waals surface area contributed by atoms with E-state index >= 15 is 0 Å². The van der Waals surface area contributed by atoms with Gasteiger partial charge in [0.15, 0.2) is 6.61 Å². The quantitative estimate of drug-likeness (QED) is 0.864. The Morgan fingerprint density at radius 3 is 2.61 bits per heavy atom. The van der Waals surface area contributed by atoms with E-state index in [1.807, 2.05) is 13.0 Å². The summed E-state index contributed by atoms with van der Waals surface area (Å²) < 4.78 is 5.55. The molecular formula is C18H27ClN2O2. The van der Waals surface area contributed by atoms with Crippen LogP contribution in [0.3, 0.4) is 0 Å². The summed E-state index contributed by atoms with van der Waals surface area (Å²) in [5.41, 5.74) is 1.03. The molecule has 0 saturated heterocycles. The molecule has 2 rings (SSSR count). The minimum absolute atomic E-state index is 0.0323. The monoisotopic (exact) mass is 338 g/mol. The van der Waals surface area contributed by atoms with Crippen LogP contribution in [0.25, 0.3) is 0 Å². The molecule has 0 radical (unpaired) electrons. The molecular weight excluding hydrogens is 312 g/mol. The molecule has 1 aromatic carbocycles. The second-order valence-corrected chi connectivity index (χ2v) is 7.06. The number of halogens is 1. The van der Waals surface area contributed by atoms with E-state index in [4.69, 9.17) is 16.3 Å². The average Bonchev–Trinajstić information content (AvgIpc) is 2.54. The fourth-order valence-corrected chi connectivity index (χ4v) is 3.28. The van der Waals surface area contributed by atoms with Crippen molar-refractivity contribution in [3.05, 3.63) is 28.8 Å². The highest BCUT2D eigenvalue weighted by atomic mass is 35.5. The summed E-state index contributed by atoms with van der Waals surface area (Å²) in [6.07, 6.45) is 6.03. The van der Waals surface area contributed by atoms with Gasteiger partial charge in [-0.25, -0.2) is 0 Å². The Morgan fingerprint density at radius 1 is 1.30 bits per heavy atom. The van der Waals surface area contributed by atoms with E-state index in [0.29, 0.717) is 17.3 Å². The first-order valence-electron chi connectivity index (χ1n) is 8.26. The number of rotatable bonds is 6. The molecule has 1 amide bonds. The van der Waals surface area contributed by atoms with E-state index in [1.165, 1.54) is 19.3 Å². The van der Waals surface area contributed by atoms with Crippen LogP contribution >= 0.6 is 11.6 Å². The van der Waals surface area contributed by atoms with Crippen LogP contribution in [0.15, 0.2) is 18.2 Å². The van der Waals surface area contributed by atoms with Gasteiger partial charge in [0.1, 0.15) is 5.75 Å². The van der Waals surface area contributed by atoms with Crippen LogP contribution in [0.4, 0.5) is 0 Å². The number of hydrogen-bond acceptors (Lipinski definition) is 3. The van der Waals surface area contributed by atoms with Crippen molar-refractivity contribution >= 4 is 17.5 Å². The molecule has 0 bridgehead atoms. The minimum atomic E-state index is -0.0793. The molecule has 128 valence electrons. The predicted molar refractivity (Wildman–Crippen MR) is 94.2 cm³/mol. The Labute approximate surface area is 144 Å². The summed E-state index contributed by atoms with van der Waals surface area (Å²) in [6.45, 7) is 2.63. The number of amides is 1. The summed E-state index contributed by atoms with van der Waals surface area (Å²) in [5, 5.41) is 3.74. The third kappa shape index (κ3) is 4.85. The Hall–Kier alpha value is -1.26. The molecule has 1 aliphatic carbocycles. The second kappa shape index (κ2) is 8.02. The lowest BCUT2D eigenvalue weighted by Crippen LogP contribution is -2.54. The SMILES string of the molecule is Cc1cc(OCC(=O)NCC2(N(C)C)CCCCC2)ccc1Cl. The summed E-state index contributed by atoms with van der Waals surface area (Å²) in [6, 6.07) is 5.41. The molecule has 0 aromatic heterocycles. The molecule has 0 aliphatic heterocycles. The fraction of sp³-hybridized carbons (Fsp3) is 0.611. The maximum Gasteiger partial charge on any atom is 0.258 e. The molecule has 1 fully saturated rings. The number of carbonyl (C=O) groups excluding carboxylic acids is 1. The predicted octanol–water partition coefficient (Wildman–Crippen LogP) is 3.41. The van der Waals surface area contributed by atoms with Crippen LogP contribution in [-0.4, -0.2) is 43.6 Å². The lowest BCUT2D eigenvalue weighted by molar-refractivity contribution is -0.123. The number of likely N-dealkylation sites (N-methyl/N-ethyl adjacent to an activating group) is 1. The Balaban J connectivity index is 1.83. The number of nitrogens with zero attached hydrogens (tertiary/aromatic N) is 1. The van der Waals surface area contributed by atoms with Crippen molar-refractivity contribution in [3.63, 3.8) is 0 Å². The summed E-state index contributed by atoms with van der Waals surface area (Å²) in [4.78, 5) is 14.4. The zero-order valence-corrected chi connectivity index (χ0v) is 15.1. The highest BCUT2D eigenvalue weighted by Gasteiger charge is 2.34. The Morgan fingerprint density at radius 2 is 2.00 bits per heavy atom. The first-order chi connectivity index (χ1) is 10.9. The Bertz CT molecular complexity index is 540. The van der Waals surface area contributed by atoms with Crippen LogP contribution in [0, 0.1) is 6.92 Å². The standard InChI is InChI=1S/C18H27ClN2O2/c1-14-11-15(7-8-16(14)19)23-12-17(22)20-13-18(21(2)3)9-5-4-6-10-18/h7-8,11H,4-6,9-10,12-13H2,1-3H3,(H,20,22). The van der Waals surface area contributed by atoms with Gasteiger partial charge in [-0.2, -0.15) is 0 Å². The maximum absolute atomic E-state index is 12.1. The Kier molecular flexibility index (Phi) is 6.31. The third-order valence-corrected chi connectivity index (χ3v) is 5.27. The highest BCUT2D eigenvalue weighted by molar-refractivity contribution is 6.31. The van der Waals surface area contributed by atoms with E-state index in [0.717, 1.165) is 18.4 Å². The van der Waals surface area contributed by atoms with Crippen molar-refractivity contribution < 1.29 is 9.53 Å². The lowest BCUT2D eigenvalue weighted by Gasteiger charge is -2.43. The molecule has 1 N–H and O–H groups in total. The molecule has 1 saturated carbocycles. The number of benzene rings is 1. The van der Waals surface area contributed by atoms with Crippen LogP contribution in [0.5, 0.6) is 5.75 Å². The van der Waals surface area contributed by atoms with Gasteiger partial charge >= 0.3 is 0 Å². The van der Waals surface area contributed by atoms with Crippen molar-refractivity contribution in [2.75, 3.05) is 27.2 Å². The molecule has 0 unspecified atom stereocenters. The van der Waals surface area contributed by atoms with E-state index in [2.05, 4.69) is 24.3 Å². The smallest absolute Gasteiger partial charge is 0.258 e. The van der Waals surface area contributed by atoms with Crippen molar-refractivity contribution in [2.24, 2.45) is 0 Å². The van der Waals surface area contributed by atoms with Gasteiger partial charge in [0, 0.05) is 17.1 Å². The first kappa shape index (κ1) is 18.1. The molecule has 5 heteroatoms. The normalized spacial score (nSPS) is 17.1. The van der Waals surface area contributed by atoms with E-state index < -0.39 is 0 Å². The van der Waals surface area contributed by atoms with Gasteiger partial charge in [0.25, 0.3) is 5.91 Å². The maximum atomic E-state index is 12.1. The zero-order valence-electron chi connectivity index (χ0n) is 14.3. The van der Waals surface area contributed by atoms with Crippen LogP contribution < -0.4 is 10.1 Å². The molecule has 1 aliphatic rings. The molecule has 0 heterocycles. The van der Waals surface area contributed by atoms with Gasteiger partial charge in [-0.05, 0) is 57.6 Å². The van der Waals surface area contributed by atoms with Gasteiger partial charge in [-0.3, -0.25) is 4.79 Å². The van der Waals surface area contributed by atoms with E-state index in [-0.39, 0.29) is 18.1 Å². The number of hydrogen-bond donors (Lipinski definition) is 1. The third-order valence-electron chi connectivity index (χ3n) is 4.85. The van der Waals surface area contributed by atoms with Crippen LogP contribution in [0.2, 0.25) is 5.02 Å². The zero-order chi connectivity index (χ0) is 16.9. The summed E-state index contributed by atoms with van der Waals surface area (Å²) >= 11 is 5.98. The van der Waals surface area contributed by atoms with Gasteiger partial charge in [0.05, 0.1) is 0 Å². The topological polar surface area (TPSA) is 41.6 Å². The van der Waals surface area contributed by atoms with Crippen molar-refractivity contribution in [2.45, 2.75) is 44.6 Å². The van der Waals surface area contributed by atoms with Gasteiger partial charge in [-0.15, -0.1) is 0 Å². The van der Waals surface area contributed by atoms with Crippen LogP contribution in [0.1, 0.15) is 37.7 Å². The summed E-state index contributed by atoms with van der Waals surface area (Å²) in [7, 11) is 4.20. The number of ether oxygens (including phenoxy) is 1. The summed E-state index contributed by atoms with van der Waals surface area (Å²) in [5.74, 6) is 0.589. The van der Waals surface area contributed by atoms with E-state index in [1.54, 1.807) is 12.1 Å². The second-order valence-electron chi connectivity index (χ2n) is 6.66. The largest absolute Gasteiger partial charge is 0.484 e. The van der Waals surface area contributed by atoms with Crippen molar-refractivity contribution in [3.8, 4) is 5.75 Å². The van der Waals surface area contributed by atoms with Gasteiger partial charge in [0.2, 0.25) is 0 Å². The lowest BCUT2D eigenvalue weighted by atomic mass is 9.80. The molecule has 23 heavy (non-hydrogen) atoms. The highest BCUT2D eigenvalue weighted by Crippen LogP contribution is 2.31. The van der Waals surface area contributed by atoms with Crippen molar-refractivity contribution in [1.82, 2.24) is 10.2 Å². The number of carbonyl (C=O) groups is 1.